The van der Waals surface area contributed by atoms with Crippen LogP contribution in [0.3, 0.4) is 0 Å². The molecule has 1 aliphatic heterocycles. The van der Waals surface area contributed by atoms with Gasteiger partial charge >= 0.3 is 0 Å². The predicted octanol–water partition coefficient (Wildman–Crippen LogP) is 2.08. The molecule has 19 heavy (non-hydrogen) atoms. The molecule has 0 amide bonds. The van der Waals surface area contributed by atoms with Crippen LogP contribution in [0, 0.1) is 0 Å². The van der Waals surface area contributed by atoms with Crippen molar-refractivity contribution in [2.45, 2.75) is 45.7 Å². The monoisotopic (exact) mass is 282 g/mol. The summed E-state index contributed by atoms with van der Waals surface area (Å²) < 4.78 is 0. The third kappa shape index (κ3) is 3.27. The first kappa shape index (κ1) is 14.8. The number of aromatic nitrogens is 1. The zero-order valence-corrected chi connectivity index (χ0v) is 13.2. The van der Waals surface area contributed by atoms with Crippen LogP contribution in [0.1, 0.15) is 37.3 Å². The Hall–Kier alpha value is -0.650. The number of hydrogen-bond acceptors (Lipinski definition) is 5. The maximum atomic E-state index is 5.83. The standard InChI is InChI=1S/C14H26N4S/c1-4-11-10-17(3)7-6-8-18(11)14-16-12(5-2)13(9-15)19-14/h11H,4-10,15H2,1-3H3. The highest BCUT2D eigenvalue weighted by atomic mass is 32.1. The third-order valence-electron chi connectivity index (χ3n) is 3.91. The van der Waals surface area contributed by atoms with Crippen LogP contribution in [-0.2, 0) is 13.0 Å². The summed E-state index contributed by atoms with van der Waals surface area (Å²) >= 11 is 1.79. The number of likely N-dealkylation sites (N-methyl/N-ethyl adjacent to an activating group) is 1. The molecule has 1 atom stereocenters. The SMILES string of the molecule is CCc1nc(N2CCCN(C)CC2CC)sc1CN. The Kier molecular flexibility index (Phi) is 5.19. The Morgan fingerprint density at radius 2 is 2.16 bits per heavy atom. The number of nitrogens with two attached hydrogens (primary N) is 1. The largest absolute Gasteiger partial charge is 0.344 e. The van der Waals surface area contributed by atoms with Gasteiger partial charge in [-0.25, -0.2) is 4.98 Å². The van der Waals surface area contributed by atoms with Crippen LogP contribution >= 0.6 is 11.3 Å². The van der Waals surface area contributed by atoms with E-state index in [2.05, 4.69) is 30.7 Å². The lowest BCUT2D eigenvalue weighted by molar-refractivity contribution is 0.328. The van der Waals surface area contributed by atoms with Gasteiger partial charge in [-0.3, -0.25) is 0 Å². The summed E-state index contributed by atoms with van der Waals surface area (Å²) in [5, 5.41) is 1.18. The first-order valence-corrected chi connectivity index (χ1v) is 8.15. The van der Waals surface area contributed by atoms with Gasteiger partial charge in [0.15, 0.2) is 5.13 Å². The van der Waals surface area contributed by atoms with E-state index in [0.717, 1.165) is 19.5 Å². The Bertz CT molecular complexity index is 383. The molecule has 2 rings (SSSR count). The van der Waals surface area contributed by atoms with Crippen LogP contribution in [0.15, 0.2) is 0 Å². The summed E-state index contributed by atoms with van der Waals surface area (Å²) in [5.74, 6) is 0. The molecule has 1 saturated heterocycles. The summed E-state index contributed by atoms with van der Waals surface area (Å²) in [6.07, 6.45) is 3.36. The molecule has 0 spiro atoms. The summed E-state index contributed by atoms with van der Waals surface area (Å²) in [5.41, 5.74) is 7.02. The second kappa shape index (κ2) is 6.68. The zero-order valence-electron chi connectivity index (χ0n) is 12.4. The van der Waals surface area contributed by atoms with Crippen molar-refractivity contribution in [2.75, 3.05) is 31.6 Å². The molecule has 0 radical (unpaired) electrons. The van der Waals surface area contributed by atoms with Crippen molar-refractivity contribution in [3.8, 4) is 0 Å². The maximum absolute atomic E-state index is 5.83. The summed E-state index contributed by atoms with van der Waals surface area (Å²) in [6.45, 7) is 8.48. The smallest absolute Gasteiger partial charge is 0.186 e. The zero-order chi connectivity index (χ0) is 13.8. The van der Waals surface area contributed by atoms with Crippen molar-refractivity contribution in [1.29, 1.82) is 0 Å². The number of hydrogen-bond donors (Lipinski definition) is 1. The first-order chi connectivity index (χ1) is 9.19. The molecular formula is C14H26N4S. The van der Waals surface area contributed by atoms with Crippen molar-refractivity contribution in [2.24, 2.45) is 5.73 Å². The van der Waals surface area contributed by atoms with Crippen LogP contribution < -0.4 is 10.6 Å². The van der Waals surface area contributed by atoms with Crippen LogP contribution in [0.5, 0.6) is 0 Å². The van der Waals surface area contributed by atoms with E-state index in [1.165, 1.54) is 35.1 Å². The van der Waals surface area contributed by atoms with Gasteiger partial charge in [0.05, 0.1) is 5.69 Å². The summed E-state index contributed by atoms with van der Waals surface area (Å²) in [6, 6.07) is 0.578. The summed E-state index contributed by atoms with van der Waals surface area (Å²) in [4.78, 5) is 11.0. The molecule has 108 valence electrons. The number of rotatable bonds is 4. The molecule has 1 aromatic heterocycles. The highest BCUT2D eigenvalue weighted by Gasteiger charge is 2.25. The third-order valence-corrected chi connectivity index (χ3v) is 5.06. The molecule has 2 heterocycles. The Morgan fingerprint density at radius 1 is 1.37 bits per heavy atom. The van der Waals surface area contributed by atoms with Crippen LogP contribution in [0.25, 0.3) is 0 Å². The van der Waals surface area contributed by atoms with Gasteiger partial charge in [-0.1, -0.05) is 13.8 Å². The van der Waals surface area contributed by atoms with Crippen LogP contribution in [0.2, 0.25) is 0 Å². The lowest BCUT2D eigenvalue weighted by Gasteiger charge is -2.29. The number of nitrogens with zero attached hydrogens (tertiary/aromatic N) is 3. The normalized spacial score (nSPS) is 21.7. The minimum absolute atomic E-state index is 0.578. The van der Waals surface area contributed by atoms with E-state index in [9.17, 15) is 0 Å². The van der Waals surface area contributed by atoms with Gasteiger partial charge < -0.3 is 15.5 Å². The van der Waals surface area contributed by atoms with Crippen LogP contribution in [0.4, 0.5) is 5.13 Å². The lowest BCUT2D eigenvalue weighted by atomic mass is 10.2. The fourth-order valence-corrected chi connectivity index (χ4v) is 3.90. The summed E-state index contributed by atoms with van der Waals surface area (Å²) in [7, 11) is 2.22. The predicted molar refractivity (Wildman–Crippen MR) is 82.9 cm³/mol. The van der Waals surface area contributed by atoms with Gasteiger partial charge in [-0.2, -0.15) is 0 Å². The van der Waals surface area contributed by atoms with E-state index in [4.69, 9.17) is 10.7 Å². The maximum Gasteiger partial charge on any atom is 0.186 e. The molecule has 0 saturated carbocycles. The minimum Gasteiger partial charge on any atom is -0.344 e. The molecular weight excluding hydrogens is 256 g/mol. The van der Waals surface area contributed by atoms with Crippen LogP contribution in [-0.4, -0.2) is 42.6 Å². The highest BCUT2D eigenvalue weighted by molar-refractivity contribution is 7.15. The van der Waals surface area contributed by atoms with Gasteiger partial charge in [-0.15, -0.1) is 11.3 Å². The molecule has 1 fully saturated rings. The van der Waals surface area contributed by atoms with E-state index >= 15 is 0 Å². The second-order valence-electron chi connectivity index (χ2n) is 5.30. The average Bonchev–Trinajstić information content (AvgIpc) is 2.75. The Labute approximate surface area is 120 Å². The molecule has 0 aromatic carbocycles. The molecule has 1 aromatic rings. The van der Waals surface area contributed by atoms with Crippen molar-refractivity contribution >= 4 is 16.5 Å². The van der Waals surface area contributed by atoms with Gasteiger partial charge in [0.2, 0.25) is 0 Å². The van der Waals surface area contributed by atoms with Gasteiger partial charge in [0.25, 0.3) is 0 Å². The topological polar surface area (TPSA) is 45.4 Å². The molecule has 1 unspecified atom stereocenters. The van der Waals surface area contributed by atoms with E-state index in [1.54, 1.807) is 11.3 Å². The van der Waals surface area contributed by atoms with Gasteiger partial charge in [-0.05, 0) is 32.9 Å². The van der Waals surface area contributed by atoms with Crippen molar-refractivity contribution in [3.63, 3.8) is 0 Å². The lowest BCUT2D eigenvalue weighted by Crippen LogP contribution is -2.39. The van der Waals surface area contributed by atoms with Crippen molar-refractivity contribution < 1.29 is 0 Å². The molecule has 2 N–H and O–H groups in total. The second-order valence-corrected chi connectivity index (χ2v) is 6.36. The fourth-order valence-electron chi connectivity index (χ4n) is 2.77. The molecule has 5 heteroatoms. The molecule has 0 bridgehead atoms. The average molecular weight is 282 g/mol. The van der Waals surface area contributed by atoms with E-state index in [1.807, 2.05) is 0 Å². The fraction of sp³-hybridized carbons (Fsp3) is 0.786. The van der Waals surface area contributed by atoms with E-state index in [0.29, 0.717) is 12.6 Å². The minimum atomic E-state index is 0.578. The Balaban J connectivity index is 2.24. The number of anilines is 1. The molecule has 0 aliphatic carbocycles. The van der Waals surface area contributed by atoms with Crippen molar-refractivity contribution in [3.05, 3.63) is 10.6 Å². The highest BCUT2D eigenvalue weighted by Crippen LogP contribution is 2.29. The Morgan fingerprint density at radius 3 is 2.74 bits per heavy atom. The van der Waals surface area contributed by atoms with Gasteiger partial charge in [0, 0.05) is 30.6 Å². The molecule has 4 nitrogen and oxygen atoms in total. The van der Waals surface area contributed by atoms with E-state index in [-0.39, 0.29) is 0 Å². The first-order valence-electron chi connectivity index (χ1n) is 7.33. The molecule has 1 aliphatic rings. The van der Waals surface area contributed by atoms with E-state index < -0.39 is 0 Å². The quantitative estimate of drug-likeness (QED) is 0.918. The van der Waals surface area contributed by atoms with Gasteiger partial charge in [0.1, 0.15) is 0 Å². The number of thiazole rings is 1. The number of aryl methyl sites for hydroxylation is 1. The van der Waals surface area contributed by atoms with Crippen molar-refractivity contribution in [1.82, 2.24) is 9.88 Å².